The van der Waals surface area contributed by atoms with Crippen molar-refractivity contribution in [1.29, 1.82) is 0 Å². The van der Waals surface area contributed by atoms with Gasteiger partial charge in [-0.05, 0) is 45.5 Å². The van der Waals surface area contributed by atoms with Crippen molar-refractivity contribution in [3.05, 3.63) is 60.9 Å². The van der Waals surface area contributed by atoms with Gasteiger partial charge in [0, 0.05) is 55.6 Å². The number of hydrogen-bond donors (Lipinski definition) is 2. The highest BCUT2D eigenvalue weighted by molar-refractivity contribution is 6.35. The number of likely N-dealkylation sites (N-methyl/N-ethyl adjacent to an activating group) is 2. The Morgan fingerprint density at radius 1 is 1.13 bits per heavy atom. The van der Waals surface area contributed by atoms with Crippen LogP contribution in [0.4, 0.5) is 17.1 Å². The predicted octanol–water partition coefficient (Wildman–Crippen LogP) is 5.34. The van der Waals surface area contributed by atoms with Crippen LogP contribution in [0.15, 0.2) is 60.2 Å². The van der Waals surface area contributed by atoms with Crippen LogP contribution in [0.25, 0.3) is 43.5 Å². The molecule has 0 aliphatic rings. The van der Waals surface area contributed by atoms with Gasteiger partial charge in [-0.3, -0.25) is 14.6 Å². The molecule has 0 atom stereocenters. The number of carbonyl (C=O) groups excluding carboxylic acids is 1. The van der Waals surface area contributed by atoms with Crippen LogP contribution in [-0.2, 0) is 11.8 Å². The molecule has 6 aromatic rings. The predicted molar refractivity (Wildman–Crippen MR) is 181 cm³/mol. The molecule has 0 aliphatic heterocycles. The van der Waals surface area contributed by atoms with Crippen molar-refractivity contribution in [2.45, 2.75) is 20.0 Å². The fourth-order valence-electron chi connectivity index (χ4n) is 5.82. The van der Waals surface area contributed by atoms with Gasteiger partial charge in [0.1, 0.15) is 22.7 Å². The number of H-pyrrole nitrogens is 1. The van der Waals surface area contributed by atoms with E-state index in [0.29, 0.717) is 17.1 Å². The summed E-state index contributed by atoms with van der Waals surface area (Å²) in [6, 6.07) is 12.0. The number of fused-ring (bicyclic) bond motifs is 5. The molecule has 0 unspecified atom stereocenters. The zero-order chi connectivity index (χ0) is 32.0. The van der Waals surface area contributed by atoms with E-state index < -0.39 is 0 Å². The molecule has 2 heterocycles. The zero-order valence-corrected chi connectivity index (χ0v) is 26.7. The molecular weight excluding hydrogens is 568 g/mol. The molecule has 0 aliphatic carbocycles. The molecule has 2 N–H and O–H groups in total. The maximum absolute atomic E-state index is 12.4. The lowest BCUT2D eigenvalue weighted by atomic mass is 10.1. The standard InChI is InChI=1S/C34H38N8O3/c1-9-27(43)36-23-16-24(26(44-8)17-25(23)41(6)15-14-40(4)5)37-34-35-18-22-31(38-34)32-29-28(33(22)45-19(2)3)20-12-10-11-13-21(20)30(29)39-42(32)7/h9-13,16-19,39H,1,14-15H2,2-8H3,(H,36,43). The van der Waals surface area contributed by atoms with Gasteiger partial charge < -0.3 is 24.6 Å². The van der Waals surface area contributed by atoms with Crippen molar-refractivity contribution in [2.24, 2.45) is 12.0 Å². The van der Waals surface area contributed by atoms with Crippen LogP contribution in [0.1, 0.15) is 13.8 Å². The SMILES string of the molecule is C=CC(=O)Nc1cc(N=c2ncc3c(OC(C)C)c4c5ccccc5c5[nH]n(C)c(c3n2)c54)c(OC)cc1N(C)CCN(C)C. The molecule has 1 amide bonds. The van der Waals surface area contributed by atoms with Gasteiger partial charge in [-0.2, -0.15) is 0 Å². The smallest absolute Gasteiger partial charge is 0.250 e. The Kier molecular flexibility index (Phi) is 7.80. The minimum Gasteiger partial charge on any atom is -0.494 e. The largest absolute Gasteiger partial charge is 0.494 e. The van der Waals surface area contributed by atoms with Gasteiger partial charge in [-0.1, -0.05) is 30.8 Å². The van der Waals surface area contributed by atoms with Gasteiger partial charge in [0.2, 0.25) is 5.91 Å². The van der Waals surface area contributed by atoms with Gasteiger partial charge in [0.15, 0.2) is 0 Å². The van der Waals surface area contributed by atoms with E-state index in [0.717, 1.165) is 68.0 Å². The van der Waals surface area contributed by atoms with Crippen molar-refractivity contribution in [1.82, 2.24) is 24.6 Å². The first-order valence-electron chi connectivity index (χ1n) is 14.8. The average Bonchev–Trinajstić information content (AvgIpc) is 3.52. The van der Waals surface area contributed by atoms with Gasteiger partial charge in [-0.25, -0.2) is 15.0 Å². The van der Waals surface area contributed by atoms with E-state index in [2.05, 4.69) is 43.9 Å². The van der Waals surface area contributed by atoms with Gasteiger partial charge in [-0.15, -0.1) is 0 Å². The normalized spacial score (nSPS) is 12.3. The number of anilines is 2. The van der Waals surface area contributed by atoms with E-state index in [1.54, 1.807) is 19.4 Å². The summed E-state index contributed by atoms with van der Waals surface area (Å²) in [5, 5.41) is 11.6. The van der Waals surface area contributed by atoms with Crippen LogP contribution >= 0.6 is 0 Å². The van der Waals surface area contributed by atoms with Crippen molar-refractivity contribution >= 4 is 66.5 Å². The number of carbonyl (C=O) groups is 1. The Bertz CT molecular complexity index is 2140. The fourth-order valence-corrected chi connectivity index (χ4v) is 5.82. The van der Waals surface area contributed by atoms with Crippen LogP contribution in [-0.4, -0.2) is 78.0 Å². The van der Waals surface area contributed by atoms with E-state index in [-0.39, 0.29) is 17.6 Å². The molecule has 0 spiro atoms. The monoisotopic (exact) mass is 606 g/mol. The minimum atomic E-state index is -0.325. The highest BCUT2D eigenvalue weighted by atomic mass is 16.5. The molecule has 0 saturated heterocycles. The van der Waals surface area contributed by atoms with Crippen LogP contribution in [0.3, 0.4) is 0 Å². The van der Waals surface area contributed by atoms with Crippen molar-refractivity contribution in [3.8, 4) is 11.5 Å². The number of ether oxygens (including phenoxy) is 2. The lowest BCUT2D eigenvalue weighted by Gasteiger charge is -2.25. The Labute approximate surface area is 261 Å². The van der Waals surface area contributed by atoms with Crippen LogP contribution in [0, 0.1) is 0 Å². The van der Waals surface area contributed by atoms with E-state index in [9.17, 15) is 4.79 Å². The molecule has 232 valence electrons. The number of aromatic amines is 1. The van der Waals surface area contributed by atoms with E-state index in [1.165, 1.54) is 6.08 Å². The third kappa shape index (κ3) is 5.29. The second-order valence-electron chi connectivity index (χ2n) is 11.7. The number of aryl methyl sites for hydroxylation is 1. The molecule has 0 saturated carbocycles. The zero-order valence-electron chi connectivity index (χ0n) is 26.7. The lowest BCUT2D eigenvalue weighted by molar-refractivity contribution is -0.111. The molecule has 45 heavy (non-hydrogen) atoms. The quantitative estimate of drug-likeness (QED) is 0.202. The summed E-state index contributed by atoms with van der Waals surface area (Å²) in [5.74, 6) is 0.949. The Morgan fingerprint density at radius 2 is 1.89 bits per heavy atom. The van der Waals surface area contributed by atoms with Crippen LogP contribution in [0.2, 0.25) is 0 Å². The van der Waals surface area contributed by atoms with Crippen LogP contribution < -0.4 is 25.3 Å². The Morgan fingerprint density at radius 3 is 2.58 bits per heavy atom. The number of nitrogens with one attached hydrogen (secondary N) is 2. The van der Waals surface area contributed by atoms with Gasteiger partial charge >= 0.3 is 0 Å². The number of aromatic nitrogens is 4. The second kappa shape index (κ2) is 11.7. The number of benzene rings is 3. The molecule has 11 nitrogen and oxygen atoms in total. The number of amides is 1. The highest BCUT2D eigenvalue weighted by Gasteiger charge is 2.25. The third-order valence-corrected chi connectivity index (χ3v) is 7.90. The molecule has 2 aromatic heterocycles. The molecule has 0 fully saturated rings. The van der Waals surface area contributed by atoms with Crippen molar-refractivity contribution in [3.63, 3.8) is 0 Å². The molecule has 0 radical (unpaired) electrons. The summed E-state index contributed by atoms with van der Waals surface area (Å²) in [6.45, 7) is 9.20. The van der Waals surface area contributed by atoms with Gasteiger partial charge in [0.05, 0.1) is 41.0 Å². The van der Waals surface area contributed by atoms with E-state index in [1.807, 2.05) is 64.9 Å². The van der Waals surface area contributed by atoms with Gasteiger partial charge in [0.25, 0.3) is 5.62 Å². The number of methoxy groups -OCH3 is 1. The first-order chi connectivity index (χ1) is 21.6. The first-order valence-corrected chi connectivity index (χ1v) is 14.8. The highest BCUT2D eigenvalue weighted by Crippen LogP contribution is 2.47. The number of nitrogens with zero attached hydrogens (tertiary/aromatic N) is 6. The molecule has 0 bridgehead atoms. The Balaban J connectivity index is 1.59. The number of hydrogen-bond acceptors (Lipinski definition) is 8. The molecular formula is C34H38N8O3. The van der Waals surface area contributed by atoms with Crippen molar-refractivity contribution in [2.75, 3.05) is 51.6 Å². The molecule has 11 heteroatoms. The minimum absolute atomic E-state index is 0.0574. The average molecular weight is 607 g/mol. The van der Waals surface area contributed by atoms with E-state index in [4.69, 9.17) is 19.5 Å². The summed E-state index contributed by atoms with van der Waals surface area (Å²) in [4.78, 5) is 31.1. The van der Waals surface area contributed by atoms with Crippen LogP contribution in [0.5, 0.6) is 11.5 Å². The van der Waals surface area contributed by atoms with Crippen molar-refractivity contribution < 1.29 is 14.3 Å². The van der Waals surface area contributed by atoms with E-state index >= 15 is 0 Å². The maximum atomic E-state index is 12.4. The third-order valence-electron chi connectivity index (χ3n) is 7.90. The molecule has 6 rings (SSSR count). The fraction of sp³-hybridized carbons (Fsp3) is 0.294. The second-order valence-corrected chi connectivity index (χ2v) is 11.7. The lowest BCUT2D eigenvalue weighted by Crippen LogP contribution is -2.29. The summed E-state index contributed by atoms with van der Waals surface area (Å²) in [6.07, 6.45) is 2.96. The summed E-state index contributed by atoms with van der Waals surface area (Å²) in [5.41, 5.74) is 4.77. The summed E-state index contributed by atoms with van der Waals surface area (Å²) < 4.78 is 14.2. The summed E-state index contributed by atoms with van der Waals surface area (Å²) >= 11 is 0. The first kappa shape index (κ1) is 29.9. The molecule has 4 aromatic carbocycles. The maximum Gasteiger partial charge on any atom is 0.250 e. The Hall–Kier alpha value is -5.16. The number of rotatable bonds is 10. The topological polar surface area (TPSA) is 113 Å². The summed E-state index contributed by atoms with van der Waals surface area (Å²) in [7, 11) is 9.58.